The summed E-state index contributed by atoms with van der Waals surface area (Å²) in [6, 6.07) is 8.27. The number of likely N-dealkylation sites (tertiary alicyclic amines) is 1. The molecule has 1 aliphatic rings. The van der Waals surface area contributed by atoms with E-state index < -0.39 is 12.0 Å². The summed E-state index contributed by atoms with van der Waals surface area (Å²) in [6.07, 6.45) is 1.24. The fraction of sp³-hybridized carbons (Fsp3) is 0.429. The van der Waals surface area contributed by atoms with Crippen LogP contribution in [0.25, 0.3) is 0 Å². The molecule has 108 valence electrons. The van der Waals surface area contributed by atoms with Gasteiger partial charge in [0.05, 0.1) is 6.54 Å². The number of carbonyl (C=O) groups excluding carboxylic acids is 1. The fourth-order valence-electron chi connectivity index (χ4n) is 2.21. The van der Waals surface area contributed by atoms with Crippen LogP contribution in [0.5, 0.6) is 5.75 Å². The molecule has 6 nitrogen and oxygen atoms in total. The zero-order chi connectivity index (χ0) is 14.4. The van der Waals surface area contributed by atoms with E-state index in [1.165, 1.54) is 4.90 Å². The molecule has 1 aromatic rings. The normalized spacial score (nSPS) is 17.8. The summed E-state index contributed by atoms with van der Waals surface area (Å²) in [5, 5.41) is 11.7. The molecule has 0 aromatic heterocycles. The number of benzene rings is 1. The molecule has 20 heavy (non-hydrogen) atoms. The third-order valence-corrected chi connectivity index (χ3v) is 3.19. The number of ether oxygens (including phenoxy) is 1. The van der Waals surface area contributed by atoms with Crippen molar-refractivity contribution in [3.05, 3.63) is 30.3 Å². The molecule has 6 heteroatoms. The van der Waals surface area contributed by atoms with Gasteiger partial charge in [-0.05, 0) is 25.0 Å². The molecule has 0 saturated carbocycles. The lowest BCUT2D eigenvalue weighted by atomic mass is 10.2. The highest BCUT2D eigenvalue weighted by Gasteiger charge is 2.33. The average Bonchev–Trinajstić information content (AvgIpc) is 2.94. The van der Waals surface area contributed by atoms with Crippen LogP contribution in [0.3, 0.4) is 0 Å². The Morgan fingerprint density at radius 2 is 2.10 bits per heavy atom. The molecule has 1 saturated heterocycles. The van der Waals surface area contributed by atoms with Gasteiger partial charge in [0, 0.05) is 6.54 Å². The van der Waals surface area contributed by atoms with E-state index in [1.807, 2.05) is 30.3 Å². The van der Waals surface area contributed by atoms with Gasteiger partial charge in [-0.25, -0.2) is 9.59 Å². The largest absolute Gasteiger partial charge is 0.492 e. The van der Waals surface area contributed by atoms with Crippen molar-refractivity contribution in [3.8, 4) is 5.75 Å². The van der Waals surface area contributed by atoms with Gasteiger partial charge in [0.25, 0.3) is 0 Å². The van der Waals surface area contributed by atoms with Crippen LogP contribution in [0.2, 0.25) is 0 Å². The molecular formula is C14H18N2O4. The Hall–Kier alpha value is -2.24. The minimum absolute atomic E-state index is 0.341. The average molecular weight is 278 g/mol. The van der Waals surface area contributed by atoms with Crippen molar-refractivity contribution < 1.29 is 19.4 Å². The van der Waals surface area contributed by atoms with E-state index >= 15 is 0 Å². The predicted molar refractivity (Wildman–Crippen MR) is 72.7 cm³/mol. The molecule has 1 aliphatic heterocycles. The van der Waals surface area contributed by atoms with E-state index in [-0.39, 0.29) is 6.03 Å². The third-order valence-electron chi connectivity index (χ3n) is 3.19. The van der Waals surface area contributed by atoms with Crippen LogP contribution < -0.4 is 10.1 Å². The number of carboxylic acid groups (broad SMARTS) is 1. The first-order chi connectivity index (χ1) is 9.68. The Labute approximate surface area is 117 Å². The van der Waals surface area contributed by atoms with Crippen molar-refractivity contribution in [3.63, 3.8) is 0 Å². The van der Waals surface area contributed by atoms with E-state index in [4.69, 9.17) is 9.84 Å². The molecule has 0 radical (unpaired) electrons. The first-order valence-corrected chi connectivity index (χ1v) is 6.63. The maximum atomic E-state index is 11.9. The van der Waals surface area contributed by atoms with Crippen LogP contribution in [0.4, 0.5) is 4.79 Å². The number of rotatable bonds is 5. The lowest BCUT2D eigenvalue weighted by molar-refractivity contribution is -0.141. The highest BCUT2D eigenvalue weighted by Crippen LogP contribution is 2.17. The molecule has 0 aliphatic carbocycles. The third kappa shape index (κ3) is 3.63. The van der Waals surface area contributed by atoms with E-state index in [9.17, 15) is 9.59 Å². The van der Waals surface area contributed by atoms with Crippen LogP contribution in [0.15, 0.2) is 30.3 Å². The summed E-state index contributed by atoms with van der Waals surface area (Å²) in [4.78, 5) is 24.2. The number of para-hydroxylation sites is 1. The summed E-state index contributed by atoms with van der Waals surface area (Å²) in [7, 11) is 0. The van der Waals surface area contributed by atoms with Gasteiger partial charge < -0.3 is 20.1 Å². The second-order valence-corrected chi connectivity index (χ2v) is 4.58. The number of urea groups is 1. The molecule has 1 aromatic carbocycles. The number of hydrogen-bond acceptors (Lipinski definition) is 3. The van der Waals surface area contributed by atoms with Crippen molar-refractivity contribution in [1.82, 2.24) is 10.2 Å². The zero-order valence-corrected chi connectivity index (χ0v) is 11.1. The van der Waals surface area contributed by atoms with Crippen LogP contribution in [0.1, 0.15) is 12.8 Å². The Bertz CT molecular complexity index is 464. The van der Waals surface area contributed by atoms with Crippen LogP contribution >= 0.6 is 0 Å². The molecule has 2 amide bonds. The van der Waals surface area contributed by atoms with Gasteiger partial charge in [-0.3, -0.25) is 0 Å². The van der Waals surface area contributed by atoms with Gasteiger partial charge in [-0.1, -0.05) is 18.2 Å². The highest BCUT2D eigenvalue weighted by molar-refractivity contribution is 5.83. The SMILES string of the molecule is O=C(O)[C@H]1CCCN1C(=O)NCCOc1ccccc1. The topological polar surface area (TPSA) is 78.9 Å². The summed E-state index contributed by atoms with van der Waals surface area (Å²) in [6.45, 7) is 1.18. The van der Waals surface area contributed by atoms with Crippen LogP contribution in [-0.4, -0.2) is 47.7 Å². The second kappa shape index (κ2) is 6.79. The van der Waals surface area contributed by atoms with Crippen molar-refractivity contribution in [2.45, 2.75) is 18.9 Å². The van der Waals surface area contributed by atoms with Gasteiger partial charge in [0.1, 0.15) is 18.4 Å². The Morgan fingerprint density at radius 1 is 1.35 bits per heavy atom. The van der Waals surface area contributed by atoms with Gasteiger partial charge in [0.15, 0.2) is 0 Å². The molecule has 0 unspecified atom stereocenters. The number of nitrogens with one attached hydrogen (secondary N) is 1. The molecule has 0 spiro atoms. The Balaban J connectivity index is 1.71. The molecule has 1 atom stereocenters. The van der Waals surface area contributed by atoms with Crippen molar-refractivity contribution >= 4 is 12.0 Å². The van der Waals surface area contributed by atoms with Crippen molar-refractivity contribution in [1.29, 1.82) is 0 Å². The first kappa shape index (κ1) is 14.2. The van der Waals surface area contributed by atoms with Gasteiger partial charge in [0.2, 0.25) is 0 Å². The van der Waals surface area contributed by atoms with Crippen molar-refractivity contribution in [2.75, 3.05) is 19.7 Å². The maximum Gasteiger partial charge on any atom is 0.326 e. The highest BCUT2D eigenvalue weighted by atomic mass is 16.5. The quantitative estimate of drug-likeness (QED) is 0.796. The van der Waals surface area contributed by atoms with Crippen molar-refractivity contribution in [2.24, 2.45) is 0 Å². The van der Waals surface area contributed by atoms with Crippen LogP contribution in [-0.2, 0) is 4.79 Å². The van der Waals surface area contributed by atoms with Gasteiger partial charge in [-0.15, -0.1) is 0 Å². The number of nitrogens with zero attached hydrogens (tertiary/aromatic N) is 1. The molecule has 1 heterocycles. The fourth-order valence-corrected chi connectivity index (χ4v) is 2.21. The molecule has 2 N–H and O–H groups in total. The predicted octanol–water partition coefficient (Wildman–Crippen LogP) is 1.32. The summed E-state index contributed by atoms with van der Waals surface area (Å²) < 4.78 is 5.44. The van der Waals surface area contributed by atoms with E-state index in [0.29, 0.717) is 26.1 Å². The Morgan fingerprint density at radius 3 is 2.80 bits per heavy atom. The number of amides is 2. The zero-order valence-electron chi connectivity index (χ0n) is 11.1. The minimum Gasteiger partial charge on any atom is -0.492 e. The molecule has 0 bridgehead atoms. The smallest absolute Gasteiger partial charge is 0.326 e. The lowest BCUT2D eigenvalue weighted by Crippen LogP contribution is -2.46. The monoisotopic (exact) mass is 278 g/mol. The van der Waals surface area contributed by atoms with Gasteiger partial charge >= 0.3 is 12.0 Å². The lowest BCUT2D eigenvalue weighted by Gasteiger charge is -2.21. The second-order valence-electron chi connectivity index (χ2n) is 4.58. The maximum absolute atomic E-state index is 11.9. The van der Waals surface area contributed by atoms with E-state index in [0.717, 1.165) is 12.2 Å². The molecule has 1 fully saturated rings. The summed E-state index contributed by atoms with van der Waals surface area (Å²) in [5.41, 5.74) is 0. The number of carbonyl (C=O) groups is 2. The Kier molecular flexibility index (Phi) is 4.81. The van der Waals surface area contributed by atoms with Crippen LogP contribution in [0, 0.1) is 0 Å². The van der Waals surface area contributed by atoms with Gasteiger partial charge in [-0.2, -0.15) is 0 Å². The standard InChI is InChI=1S/C14H18N2O4/c17-13(18)12-7-4-9-16(12)14(19)15-8-10-20-11-5-2-1-3-6-11/h1-3,5-6,12H,4,7-10H2,(H,15,19)(H,17,18)/t12-/m1/s1. The molecular weight excluding hydrogens is 260 g/mol. The first-order valence-electron chi connectivity index (χ1n) is 6.63. The van der Waals surface area contributed by atoms with E-state index in [2.05, 4.69) is 5.32 Å². The summed E-state index contributed by atoms with van der Waals surface area (Å²) >= 11 is 0. The van der Waals surface area contributed by atoms with E-state index in [1.54, 1.807) is 0 Å². The summed E-state index contributed by atoms with van der Waals surface area (Å²) in [5.74, 6) is -0.204. The number of carboxylic acids is 1. The molecule has 2 rings (SSSR count). The number of aliphatic carboxylic acids is 1. The minimum atomic E-state index is -0.946. The number of hydrogen-bond donors (Lipinski definition) is 2.